The van der Waals surface area contributed by atoms with E-state index in [9.17, 15) is 4.79 Å². The maximum absolute atomic E-state index is 10.6. The standard InChI is InChI=1S/C14H16N2O2/c15-13(14(17)18)7-8-16-12-6-5-10-3-1-2-4-11(10)9-12/h1-6,9,13,16H,7-8,15H2,(H,17,18). The summed E-state index contributed by atoms with van der Waals surface area (Å²) in [6.45, 7) is 0.547. The Morgan fingerprint density at radius 3 is 2.67 bits per heavy atom. The molecule has 4 heteroatoms. The van der Waals surface area contributed by atoms with Gasteiger partial charge in [-0.2, -0.15) is 0 Å². The van der Waals surface area contributed by atoms with Crippen molar-refractivity contribution >= 4 is 22.4 Å². The first-order valence-electron chi connectivity index (χ1n) is 5.88. The number of nitrogens with two attached hydrogens (primary N) is 1. The van der Waals surface area contributed by atoms with Crippen LogP contribution in [0.4, 0.5) is 5.69 Å². The van der Waals surface area contributed by atoms with Gasteiger partial charge in [-0.1, -0.05) is 30.3 Å². The highest BCUT2D eigenvalue weighted by Gasteiger charge is 2.09. The van der Waals surface area contributed by atoms with E-state index in [2.05, 4.69) is 11.4 Å². The van der Waals surface area contributed by atoms with Gasteiger partial charge in [0.15, 0.2) is 0 Å². The van der Waals surface area contributed by atoms with Gasteiger partial charge < -0.3 is 16.2 Å². The third-order valence-corrected chi connectivity index (χ3v) is 2.85. The van der Waals surface area contributed by atoms with E-state index >= 15 is 0 Å². The van der Waals surface area contributed by atoms with Crippen molar-refractivity contribution < 1.29 is 9.90 Å². The Bertz CT molecular complexity index is 554. The Labute approximate surface area is 105 Å². The second-order valence-corrected chi connectivity index (χ2v) is 4.22. The third kappa shape index (κ3) is 2.99. The molecule has 0 spiro atoms. The zero-order valence-electron chi connectivity index (χ0n) is 9.97. The lowest BCUT2D eigenvalue weighted by atomic mass is 10.1. The van der Waals surface area contributed by atoms with Crippen molar-refractivity contribution in [3.8, 4) is 0 Å². The summed E-state index contributed by atoms with van der Waals surface area (Å²) in [5, 5.41) is 14.2. The van der Waals surface area contributed by atoms with E-state index in [4.69, 9.17) is 10.8 Å². The van der Waals surface area contributed by atoms with Crippen LogP contribution in [0, 0.1) is 0 Å². The number of carboxylic acids is 1. The maximum atomic E-state index is 10.6. The quantitative estimate of drug-likeness (QED) is 0.752. The van der Waals surface area contributed by atoms with Gasteiger partial charge >= 0.3 is 5.97 Å². The van der Waals surface area contributed by atoms with Crippen LogP contribution < -0.4 is 11.1 Å². The van der Waals surface area contributed by atoms with E-state index < -0.39 is 12.0 Å². The first kappa shape index (κ1) is 12.4. The fraction of sp³-hybridized carbons (Fsp3) is 0.214. The number of carbonyl (C=O) groups is 1. The van der Waals surface area contributed by atoms with Gasteiger partial charge in [0.1, 0.15) is 6.04 Å². The molecule has 0 aliphatic carbocycles. The van der Waals surface area contributed by atoms with Gasteiger partial charge in [0.2, 0.25) is 0 Å². The minimum Gasteiger partial charge on any atom is -0.480 e. The predicted octanol–water partition coefficient (Wildman–Crippen LogP) is 2.05. The van der Waals surface area contributed by atoms with Crippen molar-refractivity contribution in [1.82, 2.24) is 0 Å². The monoisotopic (exact) mass is 244 g/mol. The van der Waals surface area contributed by atoms with Crippen LogP contribution in [0.25, 0.3) is 10.8 Å². The number of aliphatic carboxylic acids is 1. The SMILES string of the molecule is NC(CCNc1ccc2ccccc2c1)C(=O)O. The van der Waals surface area contributed by atoms with Crippen molar-refractivity contribution in [1.29, 1.82) is 0 Å². The summed E-state index contributed by atoms with van der Waals surface area (Å²) in [5.41, 5.74) is 6.41. The van der Waals surface area contributed by atoms with E-state index in [0.29, 0.717) is 13.0 Å². The number of benzene rings is 2. The van der Waals surface area contributed by atoms with E-state index in [1.54, 1.807) is 0 Å². The zero-order chi connectivity index (χ0) is 13.0. The van der Waals surface area contributed by atoms with Crippen molar-refractivity contribution in [3.63, 3.8) is 0 Å². The Hall–Kier alpha value is -2.07. The Morgan fingerprint density at radius 1 is 1.22 bits per heavy atom. The molecule has 18 heavy (non-hydrogen) atoms. The average Bonchev–Trinajstić information content (AvgIpc) is 2.38. The van der Waals surface area contributed by atoms with Crippen LogP contribution >= 0.6 is 0 Å². The fourth-order valence-corrected chi connectivity index (χ4v) is 1.79. The molecule has 1 atom stereocenters. The minimum absolute atomic E-state index is 0.405. The van der Waals surface area contributed by atoms with Crippen LogP contribution in [-0.2, 0) is 4.79 Å². The first-order valence-corrected chi connectivity index (χ1v) is 5.88. The van der Waals surface area contributed by atoms with Gasteiger partial charge in [0.05, 0.1) is 0 Å². The second kappa shape index (κ2) is 5.51. The van der Waals surface area contributed by atoms with E-state index in [1.165, 1.54) is 5.39 Å². The summed E-state index contributed by atoms with van der Waals surface area (Å²) >= 11 is 0. The number of anilines is 1. The van der Waals surface area contributed by atoms with Gasteiger partial charge in [-0.25, -0.2) is 0 Å². The van der Waals surface area contributed by atoms with Crippen LogP contribution in [0.1, 0.15) is 6.42 Å². The molecule has 2 aromatic carbocycles. The Kier molecular flexibility index (Phi) is 3.79. The van der Waals surface area contributed by atoms with Crippen LogP contribution in [-0.4, -0.2) is 23.7 Å². The topological polar surface area (TPSA) is 75.3 Å². The molecular formula is C14H16N2O2. The second-order valence-electron chi connectivity index (χ2n) is 4.22. The van der Waals surface area contributed by atoms with Crippen molar-refractivity contribution in [2.45, 2.75) is 12.5 Å². The van der Waals surface area contributed by atoms with Gasteiger partial charge in [-0.05, 0) is 29.3 Å². The molecule has 0 bridgehead atoms. The first-order chi connectivity index (χ1) is 8.66. The molecule has 4 nitrogen and oxygen atoms in total. The molecule has 0 saturated heterocycles. The summed E-state index contributed by atoms with van der Waals surface area (Å²) in [6, 6.07) is 13.3. The minimum atomic E-state index is -0.963. The molecule has 94 valence electrons. The number of carboxylic acid groups (broad SMARTS) is 1. The number of nitrogens with one attached hydrogen (secondary N) is 1. The summed E-state index contributed by atoms with van der Waals surface area (Å²) in [4.78, 5) is 10.6. The smallest absolute Gasteiger partial charge is 0.320 e. The normalized spacial score (nSPS) is 12.3. The van der Waals surface area contributed by atoms with Crippen LogP contribution in [0.3, 0.4) is 0 Å². The molecule has 0 saturated carbocycles. The molecule has 0 fully saturated rings. The molecule has 0 radical (unpaired) electrons. The number of fused-ring (bicyclic) bond motifs is 1. The molecule has 1 unspecified atom stereocenters. The molecule has 0 aromatic heterocycles. The lowest BCUT2D eigenvalue weighted by Crippen LogP contribution is -2.32. The summed E-state index contributed by atoms with van der Waals surface area (Å²) < 4.78 is 0. The largest absolute Gasteiger partial charge is 0.480 e. The molecule has 0 aliphatic rings. The molecule has 0 aliphatic heterocycles. The van der Waals surface area contributed by atoms with Crippen LogP contribution in [0.15, 0.2) is 42.5 Å². The van der Waals surface area contributed by atoms with Gasteiger partial charge in [0.25, 0.3) is 0 Å². The molecule has 2 rings (SSSR count). The van der Waals surface area contributed by atoms with Gasteiger partial charge in [-0.15, -0.1) is 0 Å². The lowest BCUT2D eigenvalue weighted by molar-refractivity contribution is -0.138. The lowest BCUT2D eigenvalue weighted by Gasteiger charge is -2.09. The number of hydrogen-bond acceptors (Lipinski definition) is 3. The summed E-state index contributed by atoms with van der Waals surface area (Å²) in [6.07, 6.45) is 0.405. The molecule has 2 aromatic rings. The van der Waals surface area contributed by atoms with E-state index in [1.807, 2.05) is 36.4 Å². The average molecular weight is 244 g/mol. The fourth-order valence-electron chi connectivity index (χ4n) is 1.79. The van der Waals surface area contributed by atoms with Gasteiger partial charge in [-0.3, -0.25) is 4.79 Å². The highest BCUT2D eigenvalue weighted by molar-refractivity contribution is 5.85. The third-order valence-electron chi connectivity index (χ3n) is 2.85. The molecule has 4 N–H and O–H groups in total. The predicted molar refractivity (Wildman–Crippen MR) is 72.7 cm³/mol. The summed E-state index contributed by atoms with van der Waals surface area (Å²) in [7, 11) is 0. The molecule has 0 heterocycles. The van der Waals surface area contributed by atoms with E-state index in [0.717, 1.165) is 11.1 Å². The highest BCUT2D eigenvalue weighted by atomic mass is 16.4. The molecule has 0 amide bonds. The van der Waals surface area contributed by atoms with Crippen molar-refractivity contribution in [3.05, 3.63) is 42.5 Å². The van der Waals surface area contributed by atoms with Crippen LogP contribution in [0.5, 0.6) is 0 Å². The number of rotatable bonds is 5. The van der Waals surface area contributed by atoms with Crippen molar-refractivity contribution in [2.24, 2.45) is 5.73 Å². The Morgan fingerprint density at radius 2 is 1.94 bits per heavy atom. The van der Waals surface area contributed by atoms with Crippen LogP contribution in [0.2, 0.25) is 0 Å². The van der Waals surface area contributed by atoms with Gasteiger partial charge in [0, 0.05) is 12.2 Å². The molecular weight excluding hydrogens is 228 g/mol. The maximum Gasteiger partial charge on any atom is 0.320 e. The highest BCUT2D eigenvalue weighted by Crippen LogP contribution is 2.18. The zero-order valence-corrected chi connectivity index (χ0v) is 9.97. The number of hydrogen-bond donors (Lipinski definition) is 3. The van der Waals surface area contributed by atoms with Crippen molar-refractivity contribution in [2.75, 3.05) is 11.9 Å². The summed E-state index contributed by atoms with van der Waals surface area (Å²) in [5.74, 6) is -0.963. The Balaban J connectivity index is 1.98. The van der Waals surface area contributed by atoms with E-state index in [-0.39, 0.29) is 0 Å².